The molecule has 0 atom stereocenters. The van der Waals surface area contributed by atoms with E-state index in [1.54, 1.807) is 36.4 Å². The first-order chi connectivity index (χ1) is 11.3. The Bertz CT molecular complexity index is 746. The molecule has 0 bridgehead atoms. The predicted molar refractivity (Wildman–Crippen MR) is 94.4 cm³/mol. The normalized spacial score (nSPS) is 11.0. The topological polar surface area (TPSA) is 75.3 Å². The van der Waals surface area contributed by atoms with Gasteiger partial charge >= 0.3 is 0 Å². The highest BCUT2D eigenvalue weighted by atomic mass is 32.1. The molecule has 24 heavy (non-hydrogen) atoms. The predicted octanol–water partition coefficient (Wildman–Crippen LogP) is 2.62. The molecule has 6 heteroatoms. The number of nitrogens with one attached hydrogen (secondary N) is 2. The Hall–Kier alpha value is -2.47. The number of ketones is 1. The van der Waals surface area contributed by atoms with Gasteiger partial charge in [0.05, 0.1) is 17.0 Å². The summed E-state index contributed by atoms with van der Waals surface area (Å²) in [5, 5.41) is 7.14. The average molecular weight is 344 g/mol. The summed E-state index contributed by atoms with van der Waals surface area (Å²) in [6.45, 7) is 5.45. The van der Waals surface area contributed by atoms with Gasteiger partial charge in [-0.25, -0.2) is 0 Å². The highest BCUT2D eigenvalue weighted by molar-refractivity contribution is 7.12. The Kier molecular flexibility index (Phi) is 5.51. The van der Waals surface area contributed by atoms with Crippen molar-refractivity contribution in [2.45, 2.75) is 26.3 Å². The van der Waals surface area contributed by atoms with Crippen molar-refractivity contribution in [1.29, 1.82) is 0 Å². The molecule has 0 aliphatic carbocycles. The zero-order chi connectivity index (χ0) is 17.7. The summed E-state index contributed by atoms with van der Waals surface area (Å²) >= 11 is 1.33. The van der Waals surface area contributed by atoms with Crippen LogP contribution < -0.4 is 10.6 Å². The molecule has 0 fully saturated rings. The van der Waals surface area contributed by atoms with Crippen molar-refractivity contribution in [2.24, 2.45) is 0 Å². The van der Waals surface area contributed by atoms with Gasteiger partial charge in [-0.3, -0.25) is 14.4 Å². The maximum Gasteiger partial charge on any atom is 0.252 e. The summed E-state index contributed by atoms with van der Waals surface area (Å²) < 4.78 is 0. The van der Waals surface area contributed by atoms with Crippen LogP contribution in [0.5, 0.6) is 0 Å². The van der Waals surface area contributed by atoms with Crippen molar-refractivity contribution in [2.75, 3.05) is 6.54 Å². The molecule has 1 aromatic carbocycles. The number of hydrogen-bond acceptors (Lipinski definition) is 4. The fraction of sp³-hybridized carbons (Fsp3) is 0.278. The lowest BCUT2D eigenvalue weighted by Gasteiger charge is -2.20. The third-order valence-corrected chi connectivity index (χ3v) is 3.95. The Labute approximate surface area is 145 Å². The summed E-state index contributed by atoms with van der Waals surface area (Å²) in [5.41, 5.74) is 0.225. The van der Waals surface area contributed by atoms with Crippen molar-refractivity contribution in [1.82, 2.24) is 10.6 Å². The Balaban J connectivity index is 2.10. The third kappa shape index (κ3) is 4.76. The van der Waals surface area contributed by atoms with Gasteiger partial charge in [-0.15, -0.1) is 11.3 Å². The summed E-state index contributed by atoms with van der Waals surface area (Å²) in [6, 6.07) is 10.1. The first kappa shape index (κ1) is 17.9. The van der Waals surface area contributed by atoms with E-state index in [9.17, 15) is 14.4 Å². The van der Waals surface area contributed by atoms with Crippen molar-refractivity contribution >= 4 is 28.9 Å². The van der Waals surface area contributed by atoms with Crippen molar-refractivity contribution in [3.63, 3.8) is 0 Å². The van der Waals surface area contributed by atoms with E-state index in [0.29, 0.717) is 10.4 Å². The molecule has 0 saturated heterocycles. The van der Waals surface area contributed by atoms with E-state index in [0.717, 1.165) is 0 Å². The standard InChI is InChI=1S/C18H20N2O3S/c1-18(2,3)20-15(21)11-19-17(23)13-8-5-4-7-12(13)16(22)14-9-6-10-24-14/h4-10H,11H2,1-3H3,(H,19,23)(H,20,21). The van der Waals surface area contributed by atoms with Gasteiger partial charge in [0.25, 0.3) is 5.91 Å². The third-order valence-electron chi connectivity index (χ3n) is 3.09. The van der Waals surface area contributed by atoms with Crippen LogP contribution >= 0.6 is 11.3 Å². The summed E-state index contributed by atoms with van der Waals surface area (Å²) in [7, 11) is 0. The molecule has 1 heterocycles. The van der Waals surface area contributed by atoms with Crippen molar-refractivity contribution in [3.05, 3.63) is 57.8 Å². The van der Waals surface area contributed by atoms with E-state index in [1.807, 2.05) is 26.2 Å². The van der Waals surface area contributed by atoms with Gasteiger partial charge in [0.1, 0.15) is 0 Å². The van der Waals surface area contributed by atoms with Crippen LogP contribution in [-0.2, 0) is 4.79 Å². The molecule has 0 radical (unpaired) electrons. The molecule has 0 aliphatic rings. The van der Waals surface area contributed by atoms with Crippen LogP contribution in [0.15, 0.2) is 41.8 Å². The second-order valence-corrected chi connectivity index (χ2v) is 7.28. The lowest BCUT2D eigenvalue weighted by atomic mass is 10.0. The quantitative estimate of drug-likeness (QED) is 0.819. The van der Waals surface area contributed by atoms with Crippen molar-refractivity contribution in [3.8, 4) is 0 Å². The molecule has 0 unspecified atom stereocenters. The van der Waals surface area contributed by atoms with Gasteiger partial charge in [-0.05, 0) is 38.3 Å². The van der Waals surface area contributed by atoms with Gasteiger partial charge in [0.15, 0.2) is 0 Å². The van der Waals surface area contributed by atoms with Crippen LogP contribution in [0.1, 0.15) is 46.4 Å². The maximum absolute atomic E-state index is 12.5. The zero-order valence-corrected chi connectivity index (χ0v) is 14.7. The van der Waals surface area contributed by atoms with Gasteiger partial charge in [-0.1, -0.05) is 24.3 Å². The average Bonchev–Trinajstić information content (AvgIpc) is 3.04. The number of carbonyl (C=O) groups excluding carboxylic acids is 3. The Morgan fingerprint density at radius 1 is 1.00 bits per heavy atom. The van der Waals surface area contributed by atoms with E-state index >= 15 is 0 Å². The second kappa shape index (κ2) is 7.40. The second-order valence-electron chi connectivity index (χ2n) is 6.33. The SMILES string of the molecule is CC(C)(C)NC(=O)CNC(=O)c1ccccc1C(=O)c1cccs1. The van der Waals surface area contributed by atoms with Crippen LogP contribution in [0.3, 0.4) is 0 Å². The fourth-order valence-corrected chi connectivity index (χ4v) is 2.82. The smallest absolute Gasteiger partial charge is 0.252 e. The number of rotatable bonds is 5. The van der Waals surface area contributed by atoms with Crippen molar-refractivity contribution < 1.29 is 14.4 Å². The molecule has 2 aromatic rings. The van der Waals surface area contributed by atoms with Crippen LogP contribution in [0.2, 0.25) is 0 Å². The highest BCUT2D eigenvalue weighted by Crippen LogP contribution is 2.18. The van der Waals surface area contributed by atoms with Gasteiger partial charge < -0.3 is 10.6 Å². The van der Waals surface area contributed by atoms with Crippen LogP contribution in [0.4, 0.5) is 0 Å². The van der Waals surface area contributed by atoms with Crippen LogP contribution in [-0.4, -0.2) is 29.7 Å². The van der Waals surface area contributed by atoms with E-state index in [1.165, 1.54) is 11.3 Å². The molecule has 2 amide bonds. The number of hydrogen-bond donors (Lipinski definition) is 2. The van der Waals surface area contributed by atoms with E-state index < -0.39 is 5.91 Å². The first-order valence-corrected chi connectivity index (χ1v) is 8.42. The molecule has 0 spiro atoms. The molecular weight excluding hydrogens is 324 g/mol. The molecule has 1 aromatic heterocycles. The highest BCUT2D eigenvalue weighted by Gasteiger charge is 2.20. The monoisotopic (exact) mass is 344 g/mol. The van der Waals surface area contributed by atoms with E-state index in [2.05, 4.69) is 10.6 Å². The van der Waals surface area contributed by atoms with Crippen LogP contribution in [0.25, 0.3) is 0 Å². The van der Waals surface area contributed by atoms with E-state index in [4.69, 9.17) is 0 Å². The minimum Gasteiger partial charge on any atom is -0.350 e. The minimum absolute atomic E-state index is 0.141. The molecule has 2 N–H and O–H groups in total. The molecule has 0 saturated carbocycles. The first-order valence-electron chi connectivity index (χ1n) is 7.54. The number of amides is 2. The van der Waals surface area contributed by atoms with Gasteiger partial charge in [0.2, 0.25) is 11.7 Å². The molecule has 5 nitrogen and oxygen atoms in total. The zero-order valence-electron chi connectivity index (χ0n) is 13.9. The minimum atomic E-state index is -0.445. The Morgan fingerprint density at radius 3 is 2.25 bits per heavy atom. The van der Waals surface area contributed by atoms with E-state index in [-0.39, 0.29) is 29.3 Å². The number of thiophene rings is 1. The van der Waals surface area contributed by atoms with Crippen LogP contribution in [0, 0.1) is 0 Å². The molecule has 0 aliphatic heterocycles. The summed E-state index contributed by atoms with van der Waals surface area (Å²) in [5.74, 6) is -0.924. The lowest BCUT2D eigenvalue weighted by molar-refractivity contribution is -0.121. The van der Waals surface area contributed by atoms with Gasteiger partial charge in [-0.2, -0.15) is 0 Å². The molecule has 2 rings (SSSR count). The summed E-state index contributed by atoms with van der Waals surface area (Å²) in [6.07, 6.45) is 0. The number of benzene rings is 1. The molecular formula is C18H20N2O3S. The van der Waals surface area contributed by atoms with Gasteiger partial charge in [0, 0.05) is 11.1 Å². The molecule has 126 valence electrons. The maximum atomic E-state index is 12.5. The lowest BCUT2D eigenvalue weighted by Crippen LogP contribution is -2.46. The Morgan fingerprint density at radius 2 is 1.67 bits per heavy atom. The fourth-order valence-electron chi connectivity index (χ4n) is 2.14. The largest absolute Gasteiger partial charge is 0.350 e. The summed E-state index contributed by atoms with van der Waals surface area (Å²) in [4.78, 5) is 37.3. The number of carbonyl (C=O) groups is 3.